The van der Waals surface area contributed by atoms with Gasteiger partial charge in [-0.05, 0) is 51.4 Å². The maximum atomic E-state index is 6.37. The second-order valence-corrected chi connectivity index (χ2v) is 12.2. The van der Waals surface area contributed by atoms with Gasteiger partial charge >= 0.3 is 0 Å². The molecule has 0 N–H and O–H groups in total. The van der Waals surface area contributed by atoms with Crippen molar-refractivity contribution < 1.29 is 8.83 Å². The second kappa shape index (κ2) is 8.57. The van der Waals surface area contributed by atoms with E-state index < -0.39 is 0 Å². The van der Waals surface area contributed by atoms with Crippen molar-refractivity contribution in [2.75, 3.05) is 0 Å². The third-order valence-corrected chi connectivity index (χ3v) is 10.2. The third kappa shape index (κ3) is 3.12. The lowest BCUT2D eigenvalue weighted by Gasteiger charge is -2.18. The third-order valence-electron chi connectivity index (χ3n) is 8.95. The Labute approximate surface area is 250 Å². The molecule has 0 aliphatic rings. The molecule has 0 aliphatic carbocycles. The largest absolute Gasteiger partial charge is 0.464 e. The average molecular weight is 567 g/mol. The summed E-state index contributed by atoms with van der Waals surface area (Å²) < 4.78 is 15.3. The number of thiophene rings is 1. The van der Waals surface area contributed by atoms with Crippen molar-refractivity contribution in [2.45, 2.75) is 0 Å². The van der Waals surface area contributed by atoms with E-state index >= 15 is 0 Å². The van der Waals surface area contributed by atoms with Gasteiger partial charge in [0, 0.05) is 47.6 Å². The Balaban J connectivity index is 1.39. The van der Waals surface area contributed by atoms with Crippen LogP contribution in [0.1, 0.15) is 0 Å². The SMILES string of the molecule is c1ccc2c(c1)oc1c3ccoc3c(-c3c4ccccc4c(-c4cccc5c4sc4ccccc45)c4ccccc34)cc21. The first kappa shape index (κ1) is 23.2. The number of fused-ring (bicyclic) bond motifs is 10. The number of rotatable bonds is 2. The zero-order valence-electron chi connectivity index (χ0n) is 22.9. The van der Waals surface area contributed by atoms with Crippen LogP contribution in [-0.4, -0.2) is 0 Å². The molecule has 0 spiro atoms. The summed E-state index contributed by atoms with van der Waals surface area (Å²) in [5, 5.41) is 10.7. The van der Waals surface area contributed by atoms with E-state index in [2.05, 4.69) is 109 Å². The molecule has 7 aromatic carbocycles. The highest BCUT2D eigenvalue weighted by Crippen LogP contribution is 2.50. The summed E-state index contributed by atoms with van der Waals surface area (Å²) in [7, 11) is 0. The lowest BCUT2D eigenvalue weighted by Crippen LogP contribution is -1.91. The van der Waals surface area contributed by atoms with Gasteiger partial charge in [0.15, 0.2) is 0 Å². The van der Waals surface area contributed by atoms with Gasteiger partial charge < -0.3 is 8.83 Å². The minimum Gasteiger partial charge on any atom is -0.464 e. The molecule has 3 aromatic heterocycles. The van der Waals surface area contributed by atoms with Crippen LogP contribution in [0.25, 0.3) is 96.9 Å². The second-order valence-electron chi connectivity index (χ2n) is 11.2. The van der Waals surface area contributed by atoms with Gasteiger partial charge in [0.25, 0.3) is 0 Å². The molecule has 0 fully saturated rings. The summed E-state index contributed by atoms with van der Waals surface area (Å²) in [5.41, 5.74) is 7.42. The van der Waals surface area contributed by atoms with E-state index in [9.17, 15) is 0 Å². The van der Waals surface area contributed by atoms with E-state index in [1.54, 1.807) is 6.26 Å². The minimum absolute atomic E-state index is 0.848. The van der Waals surface area contributed by atoms with Gasteiger partial charge in [-0.3, -0.25) is 0 Å². The van der Waals surface area contributed by atoms with Crippen molar-refractivity contribution in [1.82, 2.24) is 0 Å². The van der Waals surface area contributed by atoms with Crippen LogP contribution in [0.4, 0.5) is 0 Å². The lowest BCUT2D eigenvalue weighted by molar-refractivity contribution is 0.616. The summed E-state index contributed by atoms with van der Waals surface area (Å²) in [5.74, 6) is 0. The van der Waals surface area contributed by atoms with Gasteiger partial charge in [-0.15, -0.1) is 11.3 Å². The van der Waals surface area contributed by atoms with Crippen molar-refractivity contribution in [3.8, 4) is 22.3 Å². The standard InChI is InChI=1S/C40H22O2S/c1-3-14-27-25(12-1)36(30-17-9-16-29-24-11-6-8-19-35(24)43-40(29)30)26-13-2-4-15-28(26)37(27)33-22-32-23-10-5-7-18-34(23)42-39(32)31-20-21-41-38(31)33/h1-22H. The Hall–Kier alpha value is -5.38. The van der Waals surface area contributed by atoms with Gasteiger partial charge in [0.1, 0.15) is 16.7 Å². The Morgan fingerprint density at radius 1 is 0.419 bits per heavy atom. The smallest absolute Gasteiger partial charge is 0.146 e. The Morgan fingerprint density at radius 2 is 1.02 bits per heavy atom. The first-order chi connectivity index (χ1) is 21.3. The quantitative estimate of drug-likeness (QED) is 0.195. The summed E-state index contributed by atoms with van der Waals surface area (Å²) >= 11 is 1.88. The average Bonchev–Trinajstić information content (AvgIpc) is 3.79. The molecule has 0 bridgehead atoms. The van der Waals surface area contributed by atoms with Crippen molar-refractivity contribution in [3.05, 3.63) is 134 Å². The number of furan rings is 2. The number of para-hydroxylation sites is 1. The molecule has 0 aliphatic heterocycles. The molecule has 0 unspecified atom stereocenters. The topological polar surface area (TPSA) is 26.3 Å². The van der Waals surface area contributed by atoms with Gasteiger partial charge in [-0.1, -0.05) is 103 Å². The van der Waals surface area contributed by atoms with Crippen molar-refractivity contribution in [1.29, 1.82) is 0 Å². The molecule has 0 saturated heterocycles. The summed E-state index contributed by atoms with van der Waals surface area (Å²) in [6.07, 6.45) is 1.78. The Bertz CT molecular complexity index is 2680. The number of hydrogen-bond acceptors (Lipinski definition) is 3. The summed E-state index contributed by atoms with van der Waals surface area (Å²) in [6, 6.07) is 45.8. The molecule has 3 heterocycles. The molecule has 10 aromatic rings. The minimum atomic E-state index is 0.848. The monoisotopic (exact) mass is 566 g/mol. The molecular formula is C40H22O2S. The normalized spacial score (nSPS) is 12.2. The van der Waals surface area contributed by atoms with Crippen LogP contribution in [0.2, 0.25) is 0 Å². The molecule has 0 saturated carbocycles. The Morgan fingerprint density at radius 3 is 1.77 bits per heavy atom. The molecule has 0 atom stereocenters. The maximum absolute atomic E-state index is 6.37. The zero-order valence-corrected chi connectivity index (χ0v) is 23.7. The molecular weight excluding hydrogens is 545 g/mol. The predicted octanol–water partition coefficient (Wildman–Crippen LogP) is 12.3. The molecule has 200 valence electrons. The van der Waals surface area contributed by atoms with Crippen LogP contribution in [0.3, 0.4) is 0 Å². The fourth-order valence-corrected chi connectivity index (χ4v) is 8.38. The lowest BCUT2D eigenvalue weighted by atomic mass is 9.85. The highest BCUT2D eigenvalue weighted by Gasteiger charge is 2.23. The van der Waals surface area contributed by atoms with Crippen LogP contribution in [0.5, 0.6) is 0 Å². The first-order valence-corrected chi connectivity index (χ1v) is 15.3. The highest BCUT2D eigenvalue weighted by molar-refractivity contribution is 7.26. The van der Waals surface area contributed by atoms with Crippen LogP contribution in [0, 0.1) is 0 Å². The fourth-order valence-electron chi connectivity index (χ4n) is 7.15. The van der Waals surface area contributed by atoms with E-state index in [0.29, 0.717) is 0 Å². The zero-order chi connectivity index (χ0) is 28.1. The molecule has 2 nitrogen and oxygen atoms in total. The number of hydrogen-bond donors (Lipinski definition) is 0. The first-order valence-electron chi connectivity index (χ1n) is 14.5. The molecule has 0 radical (unpaired) electrons. The van der Waals surface area contributed by atoms with Crippen LogP contribution in [-0.2, 0) is 0 Å². The molecule has 43 heavy (non-hydrogen) atoms. The van der Waals surface area contributed by atoms with Gasteiger partial charge in [-0.25, -0.2) is 0 Å². The van der Waals surface area contributed by atoms with Gasteiger partial charge in [0.05, 0.1) is 11.6 Å². The van der Waals surface area contributed by atoms with Crippen LogP contribution >= 0.6 is 11.3 Å². The van der Waals surface area contributed by atoms with Gasteiger partial charge in [0.2, 0.25) is 0 Å². The van der Waals surface area contributed by atoms with E-state index in [0.717, 1.165) is 38.5 Å². The van der Waals surface area contributed by atoms with E-state index in [-0.39, 0.29) is 0 Å². The maximum Gasteiger partial charge on any atom is 0.146 e. The van der Waals surface area contributed by atoms with Crippen LogP contribution in [0.15, 0.2) is 142 Å². The van der Waals surface area contributed by atoms with Crippen molar-refractivity contribution in [2.24, 2.45) is 0 Å². The van der Waals surface area contributed by atoms with Crippen LogP contribution < -0.4 is 0 Å². The van der Waals surface area contributed by atoms with E-state index in [4.69, 9.17) is 8.83 Å². The van der Waals surface area contributed by atoms with Crippen molar-refractivity contribution in [3.63, 3.8) is 0 Å². The molecule has 10 rings (SSSR count). The van der Waals surface area contributed by atoms with Crippen molar-refractivity contribution >= 4 is 86.0 Å². The van der Waals surface area contributed by atoms with Gasteiger partial charge in [-0.2, -0.15) is 0 Å². The summed E-state index contributed by atoms with van der Waals surface area (Å²) in [6.45, 7) is 0. The predicted molar refractivity (Wildman–Crippen MR) is 182 cm³/mol. The molecule has 0 amide bonds. The Kier molecular flexibility index (Phi) is 4.63. The fraction of sp³-hybridized carbons (Fsp3) is 0. The van der Waals surface area contributed by atoms with E-state index in [1.165, 1.54) is 58.4 Å². The molecule has 3 heteroatoms. The highest BCUT2D eigenvalue weighted by atomic mass is 32.1. The number of benzene rings is 7. The summed E-state index contributed by atoms with van der Waals surface area (Å²) in [4.78, 5) is 0. The van der Waals surface area contributed by atoms with E-state index in [1.807, 2.05) is 29.5 Å².